The van der Waals surface area contributed by atoms with Crippen LogP contribution < -0.4 is 0 Å². The highest BCUT2D eigenvalue weighted by atomic mass is 19.4. The first-order valence-corrected chi connectivity index (χ1v) is 5.70. The maximum absolute atomic E-state index is 12.8. The van der Waals surface area contributed by atoms with E-state index in [1.807, 2.05) is 0 Å². The Morgan fingerprint density at radius 2 is 2.15 bits per heavy atom. The Morgan fingerprint density at radius 1 is 1.40 bits per heavy atom. The third-order valence-corrected chi connectivity index (χ3v) is 3.12. The SMILES string of the molecule is O=[N+]([O-])c1cc(C(F)(F)F)cc2nc3n(c12)CCOC3. The Hall–Kier alpha value is -2.16. The molecule has 0 bridgehead atoms. The van der Waals surface area contributed by atoms with Crippen LogP contribution in [-0.2, 0) is 24.1 Å². The van der Waals surface area contributed by atoms with Crippen molar-refractivity contribution in [3.05, 3.63) is 33.6 Å². The molecule has 9 heteroatoms. The van der Waals surface area contributed by atoms with E-state index in [0.29, 0.717) is 25.0 Å². The summed E-state index contributed by atoms with van der Waals surface area (Å²) in [7, 11) is 0. The number of benzene rings is 1. The van der Waals surface area contributed by atoms with Crippen LogP contribution in [0.2, 0.25) is 0 Å². The first-order valence-electron chi connectivity index (χ1n) is 5.70. The molecule has 6 nitrogen and oxygen atoms in total. The summed E-state index contributed by atoms with van der Waals surface area (Å²) in [6, 6.07) is 1.38. The summed E-state index contributed by atoms with van der Waals surface area (Å²) < 4.78 is 45.0. The molecule has 1 aliphatic heterocycles. The van der Waals surface area contributed by atoms with Gasteiger partial charge in [0.05, 0.1) is 22.6 Å². The number of halogens is 3. The largest absolute Gasteiger partial charge is 0.416 e. The highest BCUT2D eigenvalue weighted by Gasteiger charge is 2.35. The Kier molecular flexibility index (Phi) is 2.68. The molecule has 0 radical (unpaired) electrons. The van der Waals surface area contributed by atoms with Crippen LogP contribution >= 0.6 is 0 Å². The summed E-state index contributed by atoms with van der Waals surface area (Å²) >= 11 is 0. The van der Waals surface area contributed by atoms with Crippen LogP contribution in [0.15, 0.2) is 12.1 Å². The second kappa shape index (κ2) is 4.17. The Balaban J connectivity index is 2.34. The monoisotopic (exact) mass is 287 g/mol. The number of aromatic nitrogens is 2. The minimum absolute atomic E-state index is 0.0352. The summed E-state index contributed by atoms with van der Waals surface area (Å²) in [5.74, 6) is 0.397. The molecule has 1 aromatic carbocycles. The minimum atomic E-state index is -4.65. The van der Waals surface area contributed by atoms with Crippen molar-refractivity contribution in [1.29, 1.82) is 0 Å². The van der Waals surface area contributed by atoms with Gasteiger partial charge in [-0.05, 0) is 6.07 Å². The van der Waals surface area contributed by atoms with E-state index in [4.69, 9.17) is 4.74 Å². The average molecular weight is 287 g/mol. The van der Waals surface area contributed by atoms with Crippen molar-refractivity contribution in [3.63, 3.8) is 0 Å². The summed E-state index contributed by atoms with van der Waals surface area (Å²) in [5, 5.41) is 11.0. The predicted octanol–water partition coefficient (Wildman–Crippen LogP) is 2.49. The molecule has 0 saturated carbocycles. The van der Waals surface area contributed by atoms with Gasteiger partial charge in [-0.15, -0.1) is 0 Å². The number of ether oxygens (including phenoxy) is 1. The summed E-state index contributed by atoms with van der Waals surface area (Å²) in [4.78, 5) is 14.2. The molecule has 0 atom stereocenters. The fraction of sp³-hybridized carbons (Fsp3) is 0.364. The summed E-state index contributed by atoms with van der Waals surface area (Å²) in [6.07, 6.45) is -4.65. The lowest BCUT2D eigenvalue weighted by atomic mass is 10.1. The zero-order valence-electron chi connectivity index (χ0n) is 9.98. The molecular formula is C11H8F3N3O3. The van der Waals surface area contributed by atoms with Crippen molar-refractivity contribution in [2.75, 3.05) is 6.61 Å². The van der Waals surface area contributed by atoms with E-state index in [2.05, 4.69) is 4.98 Å². The van der Waals surface area contributed by atoms with Gasteiger partial charge in [-0.25, -0.2) is 4.98 Å². The van der Waals surface area contributed by atoms with Crippen LogP contribution in [0.3, 0.4) is 0 Å². The van der Waals surface area contributed by atoms with Crippen LogP contribution in [0.5, 0.6) is 0 Å². The van der Waals surface area contributed by atoms with Crippen LogP contribution in [0, 0.1) is 10.1 Å². The van der Waals surface area contributed by atoms with Gasteiger partial charge in [-0.1, -0.05) is 0 Å². The number of nitro groups is 1. The Morgan fingerprint density at radius 3 is 2.80 bits per heavy atom. The van der Waals surface area contributed by atoms with Crippen molar-refractivity contribution < 1.29 is 22.8 Å². The Labute approximate surface area is 109 Å². The Bertz CT molecular complexity index is 708. The molecule has 0 fully saturated rings. The van der Waals surface area contributed by atoms with Gasteiger partial charge in [0, 0.05) is 12.6 Å². The van der Waals surface area contributed by atoms with Crippen LogP contribution in [-0.4, -0.2) is 21.1 Å². The van der Waals surface area contributed by atoms with Crippen molar-refractivity contribution in [2.45, 2.75) is 19.3 Å². The lowest BCUT2D eigenvalue weighted by Crippen LogP contribution is -2.17. The fourth-order valence-electron chi connectivity index (χ4n) is 2.27. The first kappa shape index (κ1) is 12.9. The van der Waals surface area contributed by atoms with E-state index in [1.54, 1.807) is 0 Å². The van der Waals surface area contributed by atoms with Crippen LogP contribution in [0.4, 0.5) is 18.9 Å². The van der Waals surface area contributed by atoms with Gasteiger partial charge in [-0.3, -0.25) is 10.1 Å². The molecule has 0 unspecified atom stereocenters. The third-order valence-electron chi connectivity index (χ3n) is 3.12. The van der Waals surface area contributed by atoms with Gasteiger partial charge in [0.15, 0.2) is 0 Å². The number of nitrogens with zero attached hydrogens (tertiary/aromatic N) is 3. The number of rotatable bonds is 1. The van der Waals surface area contributed by atoms with Gasteiger partial charge >= 0.3 is 6.18 Å². The second-order valence-corrected chi connectivity index (χ2v) is 4.35. The van der Waals surface area contributed by atoms with Crippen molar-refractivity contribution in [3.8, 4) is 0 Å². The first-order chi connectivity index (χ1) is 9.38. The molecule has 0 spiro atoms. The van der Waals surface area contributed by atoms with E-state index in [-0.39, 0.29) is 17.6 Å². The standard InChI is InChI=1S/C11H8F3N3O3/c12-11(13,14)6-3-7-10(8(4-6)17(18)19)16-1-2-20-5-9(16)15-7/h3-4H,1-2,5H2. The molecule has 3 rings (SSSR count). The number of hydrogen-bond acceptors (Lipinski definition) is 4. The second-order valence-electron chi connectivity index (χ2n) is 4.35. The molecule has 0 aliphatic carbocycles. The quantitative estimate of drug-likeness (QED) is 0.597. The van der Waals surface area contributed by atoms with Gasteiger partial charge in [0.25, 0.3) is 5.69 Å². The molecule has 0 N–H and O–H groups in total. The van der Waals surface area contributed by atoms with Crippen LogP contribution in [0.25, 0.3) is 11.0 Å². The smallest absolute Gasteiger partial charge is 0.372 e. The lowest BCUT2D eigenvalue weighted by molar-refractivity contribution is -0.383. The fourth-order valence-corrected chi connectivity index (χ4v) is 2.27. The number of nitro benzene ring substituents is 1. The van der Waals surface area contributed by atoms with Crippen molar-refractivity contribution in [1.82, 2.24) is 9.55 Å². The molecule has 1 aromatic heterocycles. The maximum Gasteiger partial charge on any atom is 0.416 e. The van der Waals surface area contributed by atoms with Gasteiger partial charge in [-0.2, -0.15) is 13.2 Å². The zero-order chi connectivity index (χ0) is 14.5. The number of non-ortho nitro benzene ring substituents is 1. The average Bonchev–Trinajstić information content (AvgIpc) is 2.74. The van der Waals surface area contributed by atoms with Crippen molar-refractivity contribution >= 4 is 16.7 Å². The van der Waals surface area contributed by atoms with Crippen LogP contribution in [0.1, 0.15) is 11.4 Å². The number of alkyl halides is 3. The summed E-state index contributed by atoms with van der Waals surface area (Å²) in [6.45, 7) is 0.807. The van der Waals surface area contributed by atoms with E-state index >= 15 is 0 Å². The van der Waals surface area contributed by atoms with E-state index < -0.39 is 22.4 Å². The topological polar surface area (TPSA) is 70.2 Å². The molecular weight excluding hydrogens is 279 g/mol. The highest BCUT2D eigenvalue weighted by Crippen LogP contribution is 2.36. The highest BCUT2D eigenvalue weighted by molar-refractivity contribution is 5.86. The van der Waals surface area contributed by atoms with Gasteiger partial charge in [0.1, 0.15) is 17.9 Å². The maximum atomic E-state index is 12.8. The summed E-state index contributed by atoms with van der Waals surface area (Å²) in [5.41, 5.74) is -1.59. The van der Waals surface area contributed by atoms with Crippen molar-refractivity contribution in [2.24, 2.45) is 0 Å². The molecule has 0 saturated heterocycles. The van der Waals surface area contributed by atoms with E-state index in [9.17, 15) is 23.3 Å². The third kappa shape index (κ3) is 1.90. The minimum Gasteiger partial charge on any atom is -0.372 e. The van der Waals surface area contributed by atoms with E-state index in [0.717, 1.165) is 6.07 Å². The van der Waals surface area contributed by atoms with E-state index in [1.165, 1.54) is 4.57 Å². The molecule has 0 amide bonds. The number of fused-ring (bicyclic) bond motifs is 3. The predicted molar refractivity (Wildman–Crippen MR) is 61.0 cm³/mol. The molecule has 2 aromatic rings. The normalized spacial score (nSPS) is 15.3. The van der Waals surface area contributed by atoms with Gasteiger partial charge < -0.3 is 9.30 Å². The molecule has 20 heavy (non-hydrogen) atoms. The lowest BCUT2D eigenvalue weighted by Gasteiger charge is -2.14. The number of hydrogen-bond donors (Lipinski definition) is 0. The van der Waals surface area contributed by atoms with Gasteiger partial charge in [0.2, 0.25) is 0 Å². The molecule has 2 heterocycles. The number of imidazole rings is 1. The zero-order valence-corrected chi connectivity index (χ0v) is 9.98. The molecule has 1 aliphatic rings. The molecule has 106 valence electrons.